The Kier molecular flexibility index (Phi) is 5.73. The minimum absolute atomic E-state index is 0.185. The molecule has 3 aromatic heterocycles. The van der Waals surface area contributed by atoms with Gasteiger partial charge in [0.05, 0.1) is 22.8 Å². The van der Waals surface area contributed by atoms with E-state index in [2.05, 4.69) is 19.9 Å². The quantitative estimate of drug-likeness (QED) is 0.454. The van der Waals surface area contributed by atoms with Crippen LogP contribution in [0.1, 0.15) is 37.6 Å². The first-order valence-corrected chi connectivity index (χ1v) is 10.3. The molecule has 0 fully saturated rings. The molecule has 0 aliphatic rings. The maximum absolute atomic E-state index is 12.1. The number of fused-ring (bicyclic) bond motifs is 1. The van der Waals surface area contributed by atoms with E-state index >= 15 is 0 Å². The number of aromatic nitrogens is 4. The van der Waals surface area contributed by atoms with Crippen molar-refractivity contribution in [3.8, 4) is 11.3 Å². The molecule has 0 unspecified atom stereocenters. The zero-order valence-electron chi connectivity index (χ0n) is 18.2. The van der Waals surface area contributed by atoms with Crippen molar-refractivity contribution in [2.45, 2.75) is 27.4 Å². The Hall–Kier alpha value is -4.00. The van der Waals surface area contributed by atoms with Crippen LogP contribution in [0.15, 0.2) is 59.8 Å². The molecular formula is C25H24N4O3. The van der Waals surface area contributed by atoms with E-state index in [1.165, 1.54) is 6.33 Å². The van der Waals surface area contributed by atoms with Gasteiger partial charge in [0.1, 0.15) is 12.3 Å². The normalized spacial score (nSPS) is 11.8. The molecule has 4 rings (SSSR count). The summed E-state index contributed by atoms with van der Waals surface area (Å²) in [5, 5.41) is 0.509. The number of hydrogen-bond acceptors (Lipinski definition) is 5. The lowest BCUT2D eigenvalue weighted by atomic mass is 9.97. The van der Waals surface area contributed by atoms with Gasteiger partial charge in [-0.1, -0.05) is 30.3 Å². The number of benzene rings is 1. The Morgan fingerprint density at radius 2 is 1.91 bits per heavy atom. The Labute approximate surface area is 185 Å². The van der Waals surface area contributed by atoms with Crippen LogP contribution in [0.25, 0.3) is 34.4 Å². The first-order chi connectivity index (χ1) is 15.3. The Morgan fingerprint density at radius 1 is 1.09 bits per heavy atom. The smallest absolute Gasteiger partial charge is 0.311 e. The second kappa shape index (κ2) is 8.63. The maximum atomic E-state index is 12.1. The highest BCUT2D eigenvalue weighted by Gasteiger charge is 2.23. The summed E-state index contributed by atoms with van der Waals surface area (Å²) in [6.07, 6.45) is 6.95. The summed E-state index contributed by atoms with van der Waals surface area (Å²) >= 11 is 0. The topological polar surface area (TPSA) is 101 Å². The monoisotopic (exact) mass is 428 g/mol. The fourth-order valence-corrected chi connectivity index (χ4v) is 3.18. The van der Waals surface area contributed by atoms with E-state index in [9.17, 15) is 9.59 Å². The van der Waals surface area contributed by atoms with Crippen molar-refractivity contribution in [2.75, 3.05) is 0 Å². The SMILES string of the molecule is CC(C)(C)C(=O)OCc1ccccc1/C=C/c1cc(-c2cc3c(=O)[nH]cnc3[nH]2)ccn1. The molecule has 0 saturated carbocycles. The number of esters is 1. The van der Waals surface area contributed by atoms with E-state index in [1.54, 1.807) is 12.3 Å². The third-order valence-electron chi connectivity index (χ3n) is 4.98. The first kappa shape index (κ1) is 21.2. The van der Waals surface area contributed by atoms with Crippen molar-refractivity contribution in [3.05, 3.63) is 82.2 Å². The lowest BCUT2D eigenvalue weighted by molar-refractivity contribution is -0.154. The molecule has 3 heterocycles. The molecule has 0 atom stereocenters. The minimum Gasteiger partial charge on any atom is -0.460 e. The van der Waals surface area contributed by atoms with E-state index in [0.29, 0.717) is 11.0 Å². The summed E-state index contributed by atoms with van der Waals surface area (Å²) in [5.74, 6) is -0.239. The van der Waals surface area contributed by atoms with E-state index in [1.807, 2.05) is 69.3 Å². The number of hydrogen-bond donors (Lipinski definition) is 2. The number of nitrogens with zero attached hydrogens (tertiary/aromatic N) is 2. The Balaban J connectivity index is 1.56. The first-order valence-electron chi connectivity index (χ1n) is 10.3. The summed E-state index contributed by atoms with van der Waals surface area (Å²) in [5.41, 5.74) is 4.11. The van der Waals surface area contributed by atoms with Gasteiger partial charge >= 0.3 is 5.97 Å². The standard InChI is InChI=1S/C25H24N4O3/c1-25(2,3)24(31)32-14-18-7-5-4-6-16(18)8-9-19-12-17(10-11-26-19)21-13-20-22(29-21)27-15-28-23(20)30/h4-13,15H,14H2,1-3H3,(H2,27,28,29,30)/b9-8+. The minimum atomic E-state index is -0.543. The second-order valence-electron chi connectivity index (χ2n) is 8.50. The van der Waals surface area contributed by atoms with Gasteiger partial charge in [-0.05, 0) is 56.2 Å². The average Bonchev–Trinajstić information content (AvgIpc) is 3.22. The molecule has 162 valence electrons. The number of carbonyl (C=O) groups is 1. The van der Waals surface area contributed by atoms with Gasteiger partial charge in [-0.25, -0.2) is 4.98 Å². The predicted molar refractivity (Wildman–Crippen MR) is 125 cm³/mol. The predicted octanol–water partition coefficient (Wildman–Crippen LogP) is 4.57. The van der Waals surface area contributed by atoms with Crippen LogP contribution in [0, 0.1) is 5.41 Å². The largest absolute Gasteiger partial charge is 0.460 e. The van der Waals surface area contributed by atoms with Crippen LogP contribution in [0.2, 0.25) is 0 Å². The van der Waals surface area contributed by atoms with Crippen molar-refractivity contribution in [1.29, 1.82) is 0 Å². The van der Waals surface area contributed by atoms with Gasteiger partial charge in [0, 0.05) is 17.5 Å². The zero-order chi connectivity index (χ0) is 22.7. The Bertz CT molecular complexity index is 1360. The molecule has 0 saturated heterocycles. The molecule has 4 aromatic rings. The molecule has 0 spiro atoms. The van der Waals surface area contributed by atoms with E-state index in [4.69, 9.17) is 4.74 Å². The molecule has 1 aromatic carbocycles. The van der Waals surface area contributed by atoms with Crippen LogP contribution in [-0.2, 0) is 16.1 Å². The van der Waals surface area contributed by atoms with Gasteiger partial charge in [-0.2, -0.15) is 0 Å². The molecule has 0 aliphatic heterocycles. The summed E-state index contributed by atoms with van der Waals surface area (Å²) < 4.78 is 5.47. The van der Waals surface area contributed by atoms with Crippen molar-refractivity contribution in [3.63, 3.8) is 0 Å². The van der Waals surface area contributed by atoms with Crippen molar-refractivity contribution >= 4 is 29.2 Å². The third kappa shape index (κ3) is 4.67. The third-order valence-corrected chi connectivity index (χ3v) is 4.98. The van der Waals surface area contributed by atoms with Crippen LogP contribution < -0.4 is 5.56 Å². The zero-order valence-corrected chi connectivity index (χ0v) is 18.2. The Morgan fingerprint density at radius 3 is 2.69 bits per heavy atom. The van der Waals surface area contributed by atoms with E-state index in [0.717, 1.165) is 28.1 Å². The fraction of sp³-hybridized carbons (Fsp3) is 0.200. The number of nitrogens with one attached hydrogen (secondary N) is 2. The van der Waals surface area contributed by atoms with Crippen LogP contribution in [0.3, 0.4) is 0 Å². The fourth-order valence-electron chi connectivity index (χ4n) is 3.18. The van der Waals surface area contributed by atoms with Gasteiger partial charge in [-0.15, -0.1) is 0 Å². The number of aromatic amines is 2. The molecule has 7 nitrogen and oxygen atoms in total. The van der Waals surface area contributed by atoms with E-state index in [-0.39, 0.29) is 18.1 Å². The summed E-state index contributed by atoms with van der Waals surface area (Å²) in [4.78, 5) is 38.4. The highest BCUT2D eigenvalue weighted by atomic mass is 16.5. The lowest BCUT2D eigenvalue weighted by Gasteiger charge is -2.17. The van der Waals surface area contributed by atoms with Gasteiger partial charge in [0.2, 0.25) is 0 Å². The summed E-state index contributed by atoms with van der Waals surface area (Å²) in [6.45, 7) is 5.71. The van der Waals surface area contributed by atoms with E-state index < -0.39 is 5.41 Å². The number of pyridine rings is 1. The maximum Gasteiger partial charge on any atom is 0.311 e. The molecule has 0 aliphatic carbocycles. The van der Waals surface area contributed by atoms with Crippen molar-refractivity contribution < 1.29 is 9.53 Å². The van der Waals surface area contributed by atoms with Crippen LogP contribution in [0.4, 0.5) is 0 Å². The summed E-state index contributed by atoms with van der Waals surface area (Å²) in [6, 6.07) is 13.3. The summed E-state index contributed by atoms with van der Waals surface area (Å²) in [7, 11) is 0. The number of carbonyl (C=O) groups excluding carboxylic acids is 1. The average molecular weight is 428 g/mol. The highest BCUT2D eigenvalue weighted by molar-refractivity contribution is 5.82. The van der Waals surface area contributed by atoms with Crippen LogP contribution in [-0.4, -0.2) is 25.9 Å². The van der Waals surface area contributed by atoms with Crippen molar-refractivity contribution in [2.24, 2.45) is 5.41 Å². The number of H-pyrrole nitrogens is 2. The van der Waals surface area contributed by atoms with Crippen LogP contribution in [0.5, 0.6) is 0 Å². The second-order valence-corrected chi connectivity index (χ2v) is 8.50. The number of ether oxygens (including phenoxy) is 1. The number of rotatable bonds is 5. The molecule has 7 heteroatoms. The lowest BCUT2D eigenvalue weighted by Crippen LogP contribution is -2.22. The molecule has 0 radical (unpaired) electrons. The van der Waals surface area contributed by atoms with Gasteiger partial charge in [0.25, 0.3) is 5.56 Å². The molecule has 32 heavy (non-hydrogen) atoms. The van der Waals surface area contributed by atoms with Crippen molar-refractivity contribution in [1.82, 2.24) is 19.9 Å². The van der Waals surface area contributed by atoms with Gasteiger partial charge in [-0.3, -0.25) is 14.6 Å². The molecule has 2 N–H and O–H groups in total. The van der Waals surface area contributed by atoms with Gasteiger partial charge in [0.15, 0.2) is 0 Å². The highest BCUT2D eigenvalue weighted by Crippen LogP contribution is 2.23. The molecule has 0 bridgehead atoms. The molecular weight excluding hydrogens is 404 g/mol. The van der Waals surface area contributed by atoms with Gasteiger partial charge < -0.3 is 14.7 Å². The molecule has 0 amide bonds. The van der Waals surface area contributed by atoms with Crippen LogP contribution >= 0.6 is 0 Å².